The van der Waals surface area contributed by atoms with Crippen LogP contribution in [-0.2, 0) is 0 Å². The van der Waals surface area contributed by atoms with Crippen molar-refractivity contribution >= 4 is 32.3 Å². The second-order valence-electron chi connectivity index (χ2n) is 7.99. The molecule has 2 bridgehead atoms. The van der Waals surface area contributed by atoms with Gasteiger partial charge in [0.2, 0.25) is 0 Å². The number of carbonyl (C=O) groups is 1. The van der Waals surface area contributed by atoms with E-state index in [-0.39, 0.29) is 5.91 Å². The van der Waals surface area contributed by atoms with Crippen molar-refractivity contribution in [2.24, 2.45) is 0 Å². The zero-order valence-electron chi connectivity index (χ0n) is 15.2. The predicted molar refractivity (Wildman–Crippen MR) is 107 cm³/mol. The van der Waals surface area contributed by atoms with Gasteiger partial charge in [-0.05, 0) is 56.0 Å². The molecule has 0 saturated carbocycles. The van der Waals surface area contributed by atoms with E-state index in [4.69, 9.17) is 0 Å². The van der Waals surface area contributed by atoms with Crippen LogP contribution in [0, 0.1) is 0 Å². The Morgan fingerprint density at radius 3 is 2.77 bits per heavy atom. The Balaban J connectivity index is 1.32. The van der Waals surface area contributed by atoms with Crippen LogP contribution in [0.2, 0.25) is 0 Å². The monoisotopic (exact) mass is 370 g/mol. The number of nitrogens with one attached hydrogen (secondary N) is 2. The number of nitrogens with zero attached hydrogens (tertiary/aromatic N) is 2. The molecule has 4 heterocycles. The third-order valence-corrected chi connectivity index (χ3v) is 7.37. The van der Waals surface area contributed by atoms with Crippen LogP contribution in [0.4, 0.5) is 5.00 Å². The van der Waals surface area contributed by atoms with Crippen LogP contribution in [0.3, 0.4) is 0 Å². The second kappa shape index (κ2) is 6.51. The summed E-state index contributed by atoms with van der Waals surface area (Å²) >= 11 is 1.83. The van der Waals surface area contributed by atoms with E-state index in [2.05, 4.69) is 45.7 Å². The van der Waals surface area contributed by atoms with Crippen molar-refractivity contribution in [3.8, 4) is 0 Å². The number of benzene rings is 1. The minimum Gasteiger partial charge on any atom is -0.361 e. The van der Waals surface area contributed by atoms with Gasteiger partial charge in [-0.3, -0.25) is 4.79 Å². The third kappa shape index (κ3) is 3.00. The van der Waals surface area contributed by atoms with Gasteiger partial charge in [0.25, 0.3) is 5.91 Å². The largest absolute Gasteiger partial charge is 0.361 e. The number of fused-ring (bicyclic) bond motifs is 3. The summed E-state index contributed by atoms with van der Waals surface area (Å²) < 4.78 is 1.26. The number of carbonyl (C=O) groups excluding carboxylic acids is 1. The summed E-state index contributed by atoms with van der Waals surface area (Å²) in [5, 5.41) is 9.34. The van der Waals surface area contributed by atoms with Crippen LogP contribution in [0.15, 0.2) is 24.3 Å². The maximum absolute atomic E-state index is 12.7. The first-order valence-electron chi connectivity index (χ1n) is 9.70. The van der Waals surface area contributed by atoms with Crippen molar-refractivity contribution in [2.45, 2.75) is 37.4 Å². The van der Waals surface area contributed by atoms with Crippen molar-refractivity contribution in [3.05, 3.63) is 29.8 Å². The van der Waals surface area contributed by atoms with E-state index in [0.29, 0.717) is 18.1 Å². The van der Waals surface area contributed by atoms with E-state index in [1.165, 1.54) is 27.9 Å². The minimum absolute atomic E-state index is 0.0681. The summed E-state index contributed by atoms with van der Waals surface area (Å²) in [6, 6.07) is 9.76. The van der Waals surface area contributed by atoms with Gasteiger partial charge in [0.05, 0.1) is 5.00 Å². The molecule has 2 aromatic rings. The highest BCUT2D eigenvalue weighted by Crippen LogP contribution is 2.34. The molecule has 0 unspecified atom stereocenters. The molecule has 2 N–H and O–H groups in total. The average Bonchev–Trinajstić information content (AvgIpc) is 3.36. The fourth-order valence-electron chi connectivity index (χ4n) is 4.59. The third-order valence-electron chi connectivity index (χ3n) is 6.20. The number of piperazine rings is 1. The van der Waals surface area contributed by atoms with Crippen LogP contribution in [-0.4, -0.2) is 62.2 Å². The molecule has 1 aromatic carbocycles. The van der Waals surface area contributed by atoms with Crippen molar-refractivity contribution in [1.82, 2.24) is 15.5 Å². The van der Waals surface area contributed by atoms with Crippen molar-refractivity contribution in [3.63, 3.8) is 0 Å². The van der Waals surface area contributed by atoms with Gasteiger partial charge in [-0.1, -0.05) is 0 Å². The topological polar surface area (TPSA) is 47.6 Å². The first-order valence-corrected chi connectivity index (χ1v) is 10.5. The number of hydrogen-bond donors (Lipinski definition) is 2. The molecule has 1 amide bonds. The lowest BCUT2D eigenvalue weighted by Gasteiger charge is -2.32. The molecule has 0 spiro atoms. The normalized spacial score (nSPS) is 28.8. The van der Waals surface area contributed by atoms with Gasteiger partial charge in [-0.15, -0.1) is 11.3 Å². The average molecular weight is 371 g/mol. The molecule has 3 atom stereocenters. The van der Waals surface area contributed by atoms with Crippen molar-refractivity contribution in [1.29, 1.82) is 0 Å². The molecular weight excluding hydrogens is 344 g/mol. The van der Waals surface area contributed by atoms with Crippen LogP contribution < -0.4 is 15.5 Å². The fourth-order valence-corrected chi connectivity index (χ4v) is 5.68. The molecule has 6 heteroatoms. The minimum atomic E-state index is 0.0681. The standard InChI is InChI=1S/C20H26N4OS/c1-23-6-8-24(9-7-23)19-11-14-10-13(2-5-18(14)26-19)20(25)22-17-12-15-3-4-16(17)21-15/h2,5,10-11,15-17,21H,3-4,6-9,12H2,1H3,(H,22,25)/t15-,16+,17-/m1/s1. The molecule has 3 aliphatic heterocycles. The summed E-state index contributed by atoms with van der Waals surface area (Å²) in [7, 11) is 2.18. The lowest BCUT2D eigenvalue weighted by atomic mass is 9.95. The van der Waals surface area contributed by atoms with Gasteiger partial charge in [0, 0.05) is 54.6 Å². The molecule has 1 aromatic heterocycles. The molecule has 3 saturated heterocycles. The maximum atomic E-state index is 12.7. The zero-order chi connectivity index (χ0) is 17.7. The highest BCUT2D eigenvalue weighted by atomic mass is 32.1. The first-order chi connectivity index (χ1) is 12.7. The molecule has 0 radical (unpaired) electrons. The SMILES string of the molecule is CN1CCN(c2cc3cc(C(=O)N[C@@H]4C[C@H]5CC[C@@H]4N5)ccc3s2)CC1. The van der Waals surface area contributed by atoms with Crippen LogP contribution in [0.25, 0.3) is 10.1 Å². The molecule has 26 heavy (non-hydrogen) atoms. The van der Waals surface area contributed by atoms with Crippen molar-refractivity contribution < 1.29 is 4.79 Å². The van der Waals surface area contributed by atoms with Crippen molar-refractivity contribution in [2.75, 3.05) is 38.1 Å². The predicted octanol–water partition coefficient (Wildman–Crippen LogP) is 2.28. The number of thiophene rings is 1. The summed E-state index contributed by atoms with van der Waals surface area (Å²) in [6.07, 6.45) is 3.52. The van der Waals surface area contributed by atoms with E-state index in [0.717, 1.165) is 38.2 Å². The fraction of sp³-hybridized carbons (Fsp3) is 0.550. The van der Waals surface area contributed by atoms with E-state index < -0.39 is 0 Å². The highest BCUT2D eigenvalue weighted by molar-refractivity contribution is 7.22. The number of amides is 1. The smallest absolute Gasteiger partial charge is 0.251 e. The van der Waals surface area contributed by atoms with Crippen LogP contribution in [0.1, 0.15) is 29.6 Å². The summed E-state index contributed by atoms with van der Waals surface area (Å²) in [5.74, 6) is 0.0681. The van der Waals surface area contributed by atoms with Gasteiger partial charge in [0.1, 0.15) is 0 Å². The summed E-state index contributed by atoms with van der Waals surface area (Å²) in [4.78, 5) is 17.5. The Bertz CT molecular complexity index is 826. The maximum Gasteiger partial charge on any atom is 0.251 e. The van der Waals surface area contributed by atoms with Crippen LogP contribution in [0.5, 0.6) is 0 Å². The molecule has 3 fully saturated rings. The Hall–Kier alpha value is -1.63. The second-order valence-corrected chi connectivity index (χ2v) is 9.05. The molecule has 0 aliphatic carbocycles. The molecular formula is C20H26N4OS. The zero-order valence-corrected chi connectivity index (χ0v) is 16.0. The number of anilines is 1. The van der Waals surface area contributed by atoms with E-state index >= 15 is 0 Å². The number of rotatable bonds is 3. The van der Waals surface area contributed by atoms with Gasteiger partial charge in [-0.25, -0.2) is 0 Å². The van der Waals surface area contributed by atoms with Gasteiger partial charge in [0.15, 0.2) is 0 Å². The molecule has 5 rings (SSSR count). The Labute approximate surface area is 158 Å². The number of hydrogen-bond acceptors (Lipinski definition) is 5. The number of likely N-dealkylation sites (N-methyl/N-ethyl adjacent to an activating group) is 1. The Morgan fingerprint density at radius 2 is 2.04 bits per heavy atom. The van der Waals surface area contributed by atoms with E-state index in [1.54, 1.807) is 0 Å². The van der Waals surface area contributed by atoms with Gasteiger partial charge >= 0.3 is 0 Å². The Kier molecular flexibility index (Phi) is 4.14. The van der Waals surface area contributed by atoms with E-state index in [9.17, 15) is 4.79 Å². The van der Waals surface area contributed by atoms with Crippen LogP contribution >= 0.6 is 11.3 Å². The van der Waals surface area contributed by atoms with E-state index in [1.807, 2.05) is 17.4 Å². The van der Waals surface area contributed by atoms with Gasteiger partial charge < -0.3 is 20.4 Å². The van der Waals surface area contributed by atoms with Gasteiger partial charge in [-0.2, -0.15) is 0 Å². The lowest BCUT2D eigenvalue weighted by Crippen LogP contribution is -2.44. The first kappa shape index (κ1) is 16.5. The molecule has 3 aliphatic rings. The lowest BCUT2D eigenvalue weighted by molar-refractivity contribution is 0.0931. The summed E-state index contributed by atoms with van der Waals surface area (Å²) in [6.45, 7) is 4.38. The Morgan fingerprint density at radius 1 is 1.19 bits per heavy atom. The quantitative estimate of drug-likeness (QED) is 0.870. The highest BCUT2D eigenvalue weighted by Gasteiger charge is 2.39. The molecule has 5 nitrogen and oxygen atoms in total. The summed E-state index contributed by atoms with van der Waals surface area (Å²) in [5.41, 5.74) is 0.781. The molecule has 138 valence electrons.